The van der Waals surface area contributed by atoms with Gasteiger partial charge in [-0.15, -0.1) is 12.4 Å². The van der Waals surface area contributed by atoms with Gasteiger partial charge in [-0.1, -0.05) is 12.8 Å². The molecule has 0 aromatic carbocycles. The fourth-order valence-corrected chi connectivity index (χ4v) is 2.51. The molecule has 0 bridgehead atoms. The first-order valence-electron chi connectivity index (χ1n) is 7.30. The van der Waals surface area contributed by atoms with Crippen LogP contribution in [-0.4, -0.2) is 30.4 Å². The largest absolute Gasteiger partial charge is 0.356 e. The minimum Gasteiger partial charge on any atom is -0.356 e. The molecule has 0 saturated heterocycles. The molecule has 1 aliphatic rings. The van der Waals surface area contributed by atoms with Crippen LogP contribution in [0.4, 0.5) is 0 Å². The number of hydrogen-bond acceptors (Lipinski definition) is 3. The molecule has 0 heterocycles. The summed E-state index contributed by atoms with van der Waals surface area (Å²) in [6, 6.07) is 0.298. The Morgan fingerprint density at radius 1 is 1.20 bits per heavy atom. The number of hydrogen-bond donors (Lipinski definition) is 3. The van der Waals surface area contributed by atoms with Crippen LogP contribution in [0.15, 0.2) is 0 Å². The molecule has 0 aromatic rings. The smallest absolute Gasteiger partial charge is 0.221 e. The second kappa shape index (κ2) is 10.00. The van der Waals surface area contributed by atoms with E-state index < -0.39 is 0 Å². The predicted molar refractivity (Wildman–Crippen MR) is 82.7 cm³/mol. The van der Waals surface area contributed by atoms with Gasteiger partial charge in [0.05, 0.1) is 0 Å². The van der Waals surface area contributed by atoms with Gasteiger partial charge in [-0.2, -0.15) is 0 Å². The second-order valence-electron chi connectivity index (χ2n) is 5.73. The van der Waals surface area contributed by atoms with Crippen molar-refractivity contribution in [2.24, 2.45) is 11.7 Å². The Balaban J connectivity index is 0.00000361. The molecule has 1 saturated carbocycles. The van der Waals surface area contributed by atoms with Crippen molar-refractivity contribution in [3.8, 4) is 0 Å². The summed E-state index contributed by atoms with van der Waals surface area (Å²) in [7, 11) is 0. The Hall–Kier alpha value is -0.810. The zero-order valence-corrected chi connectivity index (χ0v) is 13.3. The maximum Gasteiger partial charge on any atom is 0.221 e. The molecule has 1 rings (SSSR count). The number of carbonyl (C=O) groups excluding carboxylic acids is 2. The van der Waals surface area contributed by atoms with Crippen LogP contribution in [0, 0.1) is 5.92 Å². The molecule has 2 unspecified atom stereocenters. The first-order valence-corrected chi connectivity index (χ1v) is 7.30. The predicted octanol–water partition coefficient (Wildman–Crippen LogP) is 1.35. The van der Waals surface area contributed by atoms with E-state index in [1.807, 2.05) is 13.8 Å². The maximum atomic E-state index is 11.8. The second-order valence-corrected chi connectivity index (χ2v) is 5.73. The van der Waals surface area contributed by atoms with Gasteiger partial charge in [0.15, 0.2) is 0 Å². The zero-order valence-electron chi connectivity index (χ0n) is 12.5. The van der Waals surface area contributed by atoms with Gasteiger partial charge in [0.25, 0.3) is 0 Å². The summed E-state index contributed by atoms with van der Waals surface area (Å²) in [6.07, 6.45) is 5.24. The van der Waals surface area contributed by atoms with Crippen molar-refractivity contribution in [1.29, 1.82) is 0 Å². The molecule has 20 heavy (non-hydrogen) atoms. The Morgan fingerprint density at radius 3 is 2.45 bits per heavy atom. The summed E-state index contributed by atoms with van der Waals surface area (Å²) in [6.45, 7) is 4.24. The van der Waals surface area contributed by atoms with E-state index in [1.165, 1.54) is 12.8 Å². The van der Waals surface area contributed by atoms with E-state index in [2.05, 4.69) is 10.6 Å². The van der Waals surface area contributed by atoms with Gasteiger partial charge in [0.2, 0.25) is 11.8 Å². The summed E-state index contributed by atoms with van der Waals surface area (Å²) in [5.41, 5.74) is 6.01. The van der Waals surface area contributed by atoms with Crippen LogP contribution < -0.4 is 16.4 Å². The fourth-order valence-electron chi connectivity index (χ4n) is 2.51. The molecule has 0 radical (unpaired) electrons. The third kappa shape index (κ3) is 7.70. The van der Waals surface area contributed by atoms with E-state index in [0.29, 0.717) is 25.3 Å². The molecule has 1 aliphatic carbocycles. The molecule has 6 heteroatoms. The van der Waals surface area contributed by atoms with Gasteiger partial charge < -0.3 is 16.4 Å². The van der Waals surface area contributed by atoms with Crippen LogP contribution in [0.1, 0.15) is 52.4 Å². The highest BCUT2D eigenvalue weighted by atomic mass is 35.5. The van der Waals surface area contributed by atoms with Gasteiger partial charge in [-0.3, -0.25) is 9.59 Å². The number of nitrogens with two attached hydrogens (primary N) is 1. The molecule has 2 atom stereocenters. The van der Waals surface area contributed by atoms with Gasteiger partial charge in [-0.05, 0) is 32.6 Å². The van der Waals surface area contributed by atoms with Crippen molar-refractivity contribution in [1.82, 2.24) is 10.6 Å². The molecule has 0 aromatic heterocycles. The van der Waals surface area contributed by atoms with Gasteiger partial charge in [-0.25, -0.2) is 0 Å². The van der Waals surface area contributed by atoms with Gasteiger partial charge >= 0.3 is 0 Å². The number of halogens is 1. The van der Waals surface area contributed by atoms with Crippen molar-refractivity contribution in [3.63, 3.8) is 0 Å². The highest BCUT2D eigenvalue weighted by Gasteiger charge is 2.23. The summed E-state index contributed by atoms with van der Waals surface area (Å²) in [5.74, 6) is 0.294. The van der Waals surface area contributed by atoms with E-state index in [0.717, 1.165) is 12.8 Å². The lowest BCUT2D eigenvalue weighted by molar-refractivity contribution is -0.123. The average Bonchev–Trinajstić information content (AvgIpc) is 2.31. The van der Waals surface area contributed by atoms with Crippen molar-refractivity contribution in [3.05, 3.63) is 0 Å². The van der Waals surface area contributed by atoms with Gasteiger partial charge in [0.1, 0.15) is 0 Å². The SMILES string of the molecule is CC(C)NC(=O)CCNC(=O)CC1CCCCC1N.Cl. The van der Waals surface area contributed by atoms with E-state index in [1.54, 1.807) is 0 Å². The molecule has 2 amide bonds. The lowest BCUT2D eigenvalue weighted by atomic mass is 9.83. The first-order chi connectivity index (χ1) is 8.99. The van der Waals surface area contributed by atoms with Crippen LogP contribution in [0.2, 0.25) is 0 Å². The van der Waals surface area contributed by atoms with E-state index in [-0.39, 0.29) is 36.3 Å². The van der Waals surface area contributed by atoms with Crippen molar-refractivity contribution in [2.45, 2.75) is 64.5 Å². The first kappa shape index (κ1) is 19.2. The average molecular weight is 306 g/mol. The Kier molecular flexibility index (Phi) is 9.59. The van der Waals surface area contributed by atoms with Crippen molar-refractivity contribution < 1.29 is 9.59 Å². The summed E-state index contributed by atoms with van der Waals surface area (Å²) in [5, 5.41) is 5.59. The third-order valence-electron chi connectivity index (χ3n) is 3.54. The molecular formula is C14H28ClN3O2. The molecule has 1 fully saturated rings. The zero-order chi connectivity index (χ0) is 14.3. The van der Waals surface area contributed by atoms with E-state index in [9.17, 15) is 9.59 Å². The normalized spacial score (nSPS) is 22.0. The molecule has 5 nitrogen and oxygen atoms in total. The summed E-state index contributed by atoms with van der Waals surface area (Å²) >= 11 is 0. The van der Waals surface area contributed by atoms with Crippen LogP contribution in [-0.2, 0) is 9.59 Å². The quantitative estimate of drug-likeness (QED) is 0.692. The number of rotatable bonds is 6. The Morgan fingerprint density at radius 2 is 1.85 bits per heavy atom. The molecule has 0 aliphatic heterocycles. The number of carbonyl (C=O) groups is 2. The maximum absolute atomic E-state index is 11.8. The monoisotopic (exact) mass is 305 g/mol. The van der Waals surface area contributed by atoms with E-state index in [4.69, 9.17) is 5.73 Å². The summed E-state index contributed by atoms with van der Waals surface area (Å²) in [4.78, 5) is 23.2. The fraction of sp³-hybridized carbons (Fsp3) is 0.857. The van der Waals surface area contributed by atoms with Gasteiger partial charge in [0, 0.05) is 31.5 Å². The van der Waals surface area contributed by atoms with Crippen LogP contribution in [0.5, 0.6) is 0 Å². The molecule has 4 N–H and O–H groups in total. The van der Waals surface area contributed by atoms with Crippen LogP contribution in [0.25, 0.3) is 0 Å². The van der Waals surface area contributed by atoms with E-state index >= 15 is 0 Å². The highest BCUT2D eigenvalue weighted by Crippen LogP contribution is 2.25. The number of nitrogens with one attached hydrogen (secondary N) is 2. The van der Waals surface area contributed by atoms with Crippen molar-refractivity contribution >= 4 is 24.2 Å². The minimum absolute atomic E-state index is 0. The lowest BCUT2D eigenvalue weighted by Gasteiger charge is -2.27. The van der Waals surface area contributed by atoms with Crippen molar-refractivity contribution in [2.75, 3.05) is 6.54 Å². The lowest BCUT2D eigenvalue weighted by Crippen LogP contribution is -2.38. The summed E-state index contributed by atoms with van der Waals surface area (Å²) < 4.78 is 0. The Bertz CT molecular complexity index is 311. The molecule has 118 valence electrons. The molecule has 0 spiro atoms. The van der Waals surface area contributed by atoms with Crippen LogP contribution in [0.3, 0.4) is 0 Å². The van der Waals surface area contributed by atoms with Crippen LogP contribution >= 0.6 is 12.4 Å². The topological polar surface area (TPSA) is 84.2 Å². The molecular weight excluding hydrogens is 278 g/mol. The standard InChI is InChI=1S/C14H27N3O2.ClH/c1-10(2)17-13(18)7-8-16-14(19)9-11-5-3-4-6-12(11)15;/h10-12H,3-9,15H2,1-2H3,(H,16,19)(H,17,18);1H. The highest BCUT2D eigenvalue weighted by molar-refractivity contribution is 5.85. The Labute approximate surface area is 127 Å². The third-order valence-corrected chi connectivity index (χ3v) is 3.54. The number of amides is 2. The minimum atomic E-state index is -0.0235.